The number of carbonyl (C=O) groups excluding carboxylic acids is 2. The minimum Gasteiger partial charge on any atom is -0.391 e. The van der Waals surface area contributed by atoms with Crippen molar-refractivity contribution in [3.8, 4) is 5.69 Å². The van der Waals surface area contributed by atoms with Crippen molar-refractivity contribution in [2.45, 2.75) is 25.0 Å². The fraction of sp³-hybridized carbons (Fsp3) is 0.450. The van der Waals surface area contributed by atoms with E-state index < -0.39 is 12.1 Å². The number of hydrogen-bond donors (Lipinski definition) is 2. The van der Waals surface area contributed by atoms with E-state index in [9.17, 15) is 14.7 Å². The number of hydrogen-bond acceptors (Lipinski definition) is 5. The first-order valence-corrected chi connectivity index (χ1v) is 9.55. The van der Waals surface area contributed by atoms with Gasteiger partial charge in [-0.15, -0.1) is 0 Å². The maximum Gasteiger partial charge on any atom is 0.251 e. The Balaban J connectivity index is 1.35. The Morgan fingerprint density at radius 1 is 1.14 bits per heavy atom. The quantitative estimate of drug-likeness (QED) is 0.805. The number of ether oxygens (including phenoxy) is 1. The number of benzene rings is 1. The predicted octanol–water partition coefficient (Wildman–Crippen LogP) is 0.600. The van der Waals surface area contributed by atoms with Crippen LogP contribution in [0.3, 0.4) is 0 Å². The number of rotatable bonds is 4. The molecule has 1 aliphatic heterocycles. The lowest BCUT2D eigenvalue weighted by Crippen LogP contribution is -2.43. The molecule has 0 bridgehead atoms. The highest BCUT2D eigenvalue weighted by atomic mass is 16.5. The van der Waals surface area contributed by atoms with Crippen LogP contribution in [0.2, 0.25) is 0 Å². The van der Waals surface area contributed by atoms with Gasteiger partial charge in [-0.25, -0.2) is 4.98 Å². The van der Waals surface area contributed by atoms with E-state index in [0.29, 0.717) is 44.7 Å². The Hall–Kier alpha value is -2.71. The van der Waals surface area contributed by atoms with Gasteiger partial charge in [0.1, 0.15) is 0 Å². The van der Waals surface area contributed by atoms with Crippen LogP contribution in [-0.4, -0.2) is 69.8 Å². The summed E-state index contributed by atoms with van der Waals surface area (Å²) >= 11 is 0. The van der Waals surface area contributed by atoms with Gasteiger partial charge in [-0.05, 0) is 37.1 Å². The van der Waals surface area contributed by atoms with Crippen LogP contribution >= 0.6 is 0 Å². The SMILES string of the molecule is O=C(N[C@H]1C[C@H](C(=O)N2CCOCC2)C[C@@H]1O)c1ccc(-n2ccnc2)cc1. The first kappa shape index (κ1) is 18.6. The Kier molecular flexibility index (Phi) is 5.40. The summed E-state index contributed by atoms with van der Waals surface area (Å²) in [5.41, 5.74) is 1.42. The lowest BCUT2D eigenvalue weighted by atomic mass is 10.1. The maximum absolute atomic E-state index is 12.6. The number of nitrogens with zero attached hydrogens (tertiary/aromatic N) is 3. The molecule has 1 saturated heterocycles. The lowest BCUT2D eigenvalue weighted by molar-refractivity contribution is -0.139. The van der Waals surface area contributed by atoms with E-state index >= 15 is 0 Å². The third-order valence-corrected chi connectivity index (χ3v) is 5.45. The second-order valence-corrected chi connectivity index (χ2v) is 7.27. The van der Waals surface area contributed by atoms with Crippen molar-refractivity contribution in [3.63, 3.8) is 0 Å². The molecule has 1 aromatic carbocycles. The van der Waals surface area contributed by atoms with Crippen LogP contribution in [0.5, 0.6) is 0 Å². The molecule has 0 radical (unpaired) electrons. The number of morpholine rings is 1. The fourth-order valence-electron chi connectivity index (χ4n) is 3.86. The molecule has 1 aromatic heterocycles. The third kappa shape index (κ3) is 3.93. The number of aliphatic hydroxyl groups is 1. The van der Waals surface area contributed by atoms with Crippen LogP contribution in [0.15, 0.2) is 43.0 Å². The summed E-state index contributed by atoms with van der Waals surface area (Å²) in [5.74, 6) is -0.466. The Morgan fingerprint density at radius 3 is 2.57 bits per heavy atom. The molecule has 0 unspecified atom stereocenters. The molecule has 1 saturated carbocycles. The van der Waals surface area contributed by atoms with E-state index in [0.717, 1.165) is 5.69 Å². The van der Waals surface area contributed by atoms with Crippen molar-refractivity contribution in [2.24, 2.45) is 5.92 Å². The van der Waals surface area contributed by atoms with E-state index in [1.165, 1.54) is 0 Å². The summed E-state index contributed by atoms with van der Waals surface area (Å²) in [6.07, 6.45) is 5.32. The van der Waals surface area contributed by atoms with Crippen LogP contribution in [0.25, 0.3) is 5.69 Å². The Labute approximate surface area is 163 Å². The highest BCUT2D eigenvalue weighted by Crippen LogP contribution is 2.28. The number of carbonyl (C=O) groups is 2. The number of aromatic nitrogens is 2. The average molecular weight is 384 g/mol. The standard InChI is InChI=1S/C20H24N4O4/c25-18-12-15(20(27)23-7-9-28-10-8-23)11-17(18)22-19(26)14-1-3-16(4-2-14)24-6-5-21-13-24/h1-6,13,15,17-18,25H,7-12H2,(H,22,26)/t15-,17-,18-/m0/s1. The van der Waals surface area contributed by atoms with Crippen LogP contribution in [-0.2, 0) is 9.53 Å². The number of imidazole rings is 1. The van der Waals surface area contributed by atoms with Crippen molar-refractivity contribution in [2.75, 3.05) is 26.3 Å². The molecule has 2 aromatic rings. The van der Waals surface area contributed by atoms with E-state index in [-0.39, 0.29) is 17.7 Å². The number of amides is 2. The van der Waals surface area contributed by atoms with Crippen LogP contribution in [0.4, 0.5) is 0 Å². The lowest BCUT2D eigenvalue weighted by Gasteiger charge is -2.29. The molecule has 148 valence electrons. The van der Waals surface area contributed by atoms with Gasteiger partial charge in [0.15, 0.2) is 0 Å². The summed E-state index contributed by atoms with van der Waals surface area (Å²) in [6.45, 7) is 2.28. The Bertz CT molecular complexity index is 815. The number of aliphatic hydroxyl groups excluding tert-OH is 1. The smallest absolute Gasteiger partial charge is 0.251 e. The van der Waals surface area contributed by atoms with Gasteiger partial charge in [0.05, 0.1) is 31.7 Å². The minimum atomic E-state index is -0.718. The molecule has 28 heavy (non-hydrogen) atoms. The molecule has 2 N–H and O–H groups in total. The Morgan fingerprint density at radius 2 is 1.89 bits per heavy atom. The van der Waals surface area contributed by atoms with Crippen LogP contribution < -0.4 is 5.32 Å². The van der Waals surface area contributed by atoms with E-state index in [1.807, 2.05) is 22.9 Å². The highest BCUT2D eigenvalue weighted by Gasteiger charge is 2.39. The first-order valence-electron chi connectivity index (χ1n) is 9.55. The van der Waals surface area contributed by atoms with Gasteiger partial charge < -0.3 is 24.6 Å². The average Bonchev–Trinajstić information content (AvgIpc) is 3.39. The molecular weight excluding hydrogens is 360 g/mol. The van der Waals surface area contributed by atoms with Gasteiger partial charge in [0.2, 0.25) is 5.91 Å². The highest BCUT2D eigenvalue weighted by molar-refractivity contribution is 5.94. The molecule has 4 rings (SSSR count). The van der Waals surface area contributed by atoms with Crippen molar-refractivity contribution in [3.05, 3.63) is 48.5 Å². The van der Waals surface area contributed by atoms with Crippen molar-refractivity contribution in [1.29, 1.82) is 0 Å². The first-order chi connectivity index (χ1) is 13.6. The van der Waals surface area contributed by atoms with Gasteiger partial charge in [0.25, 0.3) is 5.91 Å². The van der Waals surface area contributed by atoms with Gasteiger partial charge in [-0.1, -0.05) is 0 Å². The second kappa shape index (κ2) is 8.12. The zero-order valence-corrected chi connectivity index (χ0v) is 15.5. The number of nitrogens with one attached hydrogen (secondary N) is 1. The predicted molar refractivity (Wildman–Crippen MR) is 101 cm³/mol. The molecular formula is C20H24N4O4. The third-order valence-electron chi connectivity index (χ3n) is 5.45. The van der Waals surface area contributed by atoms with Gasteiger partial charge in [-0.2, -0.15) is 0 Å². The van der Waals surface area contributed by atoms with Gasteiger partial charge in [0, 0.05) is 42.7 Å². The van der Waals surface area contributed by atoms with E-state index in [1.54, 1.807) is 29.6 Å². The van der Waals surface area contributed by atoms with Crippen LogP contribution in [0.1, 0.15) is 23.2 Å². The molecule has 1 aliphatic carbocycles. The van der Waals surface area contributed by atoms with Gasteiger partial charge >= 0.3 is 0 Å². The largest absolute Gasteiger partial charge is 0.391 e. The summed E-state index contributed by atoms with van der Waals surface area (Å²) in [4.78, 5) is 31.0. The maximum atomic E-state index is 12.6. The topological polar surface area (TPSA) is 96.7 Å². The molecule has 3 atom stereocenters. The normalized spacial score (nSPS) is 24.9. The summed E-state index contributed by atoms with van der Waals surface area (Å²) < 4.78 is 7.13. The zero-order chi connectivity index (χ0) is 19.5. The van der Waals surface area contributed by atoms with Crippen molar-refractivity contribution >= 4 is 11.8 Å². The molecule has 8 heteroatoms. The van der Waals surface area contributed by atoms with Crippen molar-refractivity contribution in [1.82, 2.24) is 19.8 Å². The molecule has 0 spiro atoms. The molecule has 2 heterocycles. The van der Waals surface area contributed by atoms with E-state index in [4.69, 9.17) is 4.74 Å². The van der Waals surface area contributed by atoms with Crippen LogP contribution in [0, 0.1) is 5.92 Å². The fourth-order valence-corrected chi connectivity index (χ4v) is 3.86. The molecule has 2 fully saturated rings. The minimum absolute atomic E-state index is 0.0452. The van der Waals surface area contributed by atoms with Gasteiger partial charge in [-0.3, -0.25) is 9.59 Å². The van der Waals surface area contributed by atoms with Crippen molar-refractivity contribution < 1.29 is 19.4 Å². The molecule has 2 amide bonds. The summed E-state index contributed by atoms with van der Waals surface area (Å²) in [6, 6.07) is 6.74. The zero-order valence-electron chi connectivity index (χ0n) is 15.5. The summed E-state index contributed by atoms with van der Waals surface area (Å²) in [7, 11) is 0. The second-order valence-electron chi connectivity index (χ2n) is 7.27. The summed E-state index contributed by atoms with van der Waals surface area (Å²) in [5, 5.41) is 13.2. The van der Waals surface area contributed by atoms with E-state index in [2.05, 4.69) is 10.3 Å². The molecule has 2 aliphatic rings. The monoisotopic (exact) mass is 384 g/mol. The molecule has 8 nitrogen and oxygen atoms in total.